The van der Waals surface area contributed by atoms with Gasteiger partial charge in [0.2, 0.25) is 5.91 Å². The highest BCUT2D eigenvalue weighted by Crippen LogP contribution is 2.25. The number of carbonyl (C=O) groups excluding carboxylic acids is 1. The summed E-state index contributed by atoms with van der Waals surface area (Å²) in [7, 11) is 0. The van der Waals surface area contributed by atoms with Gasteiger partial charge in [0, 0.05) is 23.5 Å². The van der Waals surface area contributed by atoms with Crippen LogP contribution in [0.25, 0.3) is 0 Å². The van der Waals surface area contributed by atoms with Crippen LogP contribution in [0.1, 0.15) is 37.7 Å². The van der Waals surface area contributed by atoms with Crippen LogP contribution in [-0.4, -0.2) is 11.9 Å². The first kappa shape index (κ1) is 14.5. The van der Waals surface area contributed by atoms with E-state index in [-0.39, 0.29) is 11.9 Å². The summed E-state index contributed by atoms with van der Waals surface area (Å²) < 4.78 is 1.03. The molecular formula is C15H21BrN2O. The van der Waals surface area contributed by atoms with Crippen molar-refractivity contribution in [3.8, 4) is 0 Å². The normalized spacial score (nSPS) is 23.1. The highest BCUT2D eigenvalue weighted by atomic mass is 79.9. The molecule has 1 fully saturated rings. The molecule has 1 aliphatic carbocycles. The maximum Gasteiger partial charge on any atom is 0.220 e. The Kier molecular flexibility index (Phi) is 5.40. The van der Waals surface area contributed by atoms with Gasteiger partial charge in [0.25, 0.3) is 0 Å². The topological polar surface area (TPSA) is 55.1 Å². The molecule has 0 saturated heterocycles. The standard InChI is InChI=1S/C15H21BrN2O/c16-13-7-3-1-6-12(13)10-18-15(19)9-11-5-2-4-8-14(11)17/h1,3,6-7,11,14H,2,4-5,8-10,17H2,(H,18,19). The van der Waals surface area contributed by atoms with Crippen molar-refractivity contribution >= 4 is 21.8 Å². The fourth-order valence-electron chi connectivity index (χ4n) is 2.64. The third-order valence-electron chi connectivity index (χ3n) is 3.85. The fraction of sp³-hybridized carbons (Fsp3) is 0.533. The average Bonchev–Trinajstić information content (AvgIpc) is 2.40. The van der Waals surface area contributed by atoms with E-state index in [9.17, 15) is 4.79 Å². The summed E-state index contributed by atoms with van der Waals surface area (Å²) in [6.45, 7) is 0.572. The first-order valence-corrected chi connectivity index (χ1v) is 7.72. The Morgan fingerprint density at radius 2 is 2.05 bits per heavy atom. The molecule has 104 valence electrons. The van der Waals surface area contributed by atoms with Crippen molar-refractivity contribution in [3.05, 3.63) is 34.3 Å². The Morgan fingerprint density at radius 1 is 1.32 bits per heavy atom. The van der Waals surface area contributed by atoms with Crippen LogP contribution < -0.4 is 11.1 Å². The quantitative estimate of drug-likeness (QED) is 0.894. The highest BCUT2D eigenvalue weighted by molar-refractivity contribution is 9.10. The smallest absolute Gasteiger partial charge is 0.220 e. The third-order valence-corrected chi connectivity index (χ3v) is 4.62. The molecular weight excluding hydrogens is 304 g/mol. The molecule has 2 unspecified atom stereocenters. The number of benzene rings is 1. The summed E-state index contributed by atoms with van der Waals surface area (Å²) in [5.41, 5.74) is 7.17. The fourth-order valence-corrected chi connectivity index (χ4v) is 3.06. The predicted molar refractivity (Wildman–Crippen MR) is 80.5 cm³/mol. The average molecular weight is 325 g/mol. The monoisotopic (exact) mass is 324 g/mol. The number of hydrogen-bond acceptors (Lipinski definition) is 2. The lowest BCUT2D eigenvalue weighted by Crippen LogP contribution is -2.37. The maximum atomic E-state index is 12.0. The van der Waals surface area contributed by atoms with Crippen LogP contribution in [0.3, 0.4) is 0 Å². The Labute approximate surface area is 123 Å². The van der Waals surface area contributed by atoms with E-state index in [1.165, 1.54) is 12.8 Å². The number of nitrogens with one attached hydrogen (secondary N) is 1. The molecule has 3 N–H and O–H groups in total. The zero-order valence-electron chi connectivity index (χ0n) is 11.1. The van der Waals surface area contributed by atoms with Crippen LogP contribution in [0.2, 0.25) is 0 Å². The Balaban J connectivity index is 1.80. The van der Waals surface area contributed by atoms with Crippen molar-refractivity contribution in [1.82, 2.24) is 5.32 Å². The largest absolute Gasteiger partial charge is 0.352 e. The summed E-state index contributed by atoms with van der Waals surface area (Å²) >= 11 is 3.48. The van der Waals surface area contributed by atoms with Crippen LogP contribution in [0, 0.1) is 5.92 Å². The number of rotatable bonds is 4. The van der Waals surface area contributed by atoms with E-state index in [4.69, 9.17) is 5.73 Å². The van der Waals surface area contributed by atoms with Crippen LogP contribution in [0.5, 0.6) is 0 Å². The molecule has 0 heterocycles. The summed E-state index contributed by atoms with van der Waals surface area (Å²) in [5, 5.41) is 2.98. The lowest BCUT2D eigenvalue weighted by molar-refractivity contribution is -0.122. The van der Waals surface area contributed by atoms with Crippen LogP contribution in [0.15, 0.2) is 28.7 Å². The second-order valence-electron chi connectivity index (χ2n) is 5.28. The van der Waals surface area contributed by atoms with Gasteiger partial charge in [-0.3, -0.25) is 4.79 Å². The van der Waals surface area contributed by atoms with Crippen molar-refractivity contribution < 1.29 is 4.79 Å². The summed E-state index contributed by atoms with van der Waals surface area (Å²) in [4.78, 5) is 12.0. The second-order valence-corrected chi connectivity index (χ2v) is 6.13. The second kappa shape index (κ2) is 7.06. The van der Waals surface area contributed by atoms with Gasteiger partial charge in [-0.1, -0.05) is 47.0 Å². The molecule has 1 aliphatic rings. The van der Waals surface area contributed by atoms with Gasteiger partial charge in [-0.05, 0) is 30.4 Å². The molecule has 0 spiro atoms. The van der Waals surface area contributed by atoms with Crippen molar-refractivity contribution in [2.75, 3.05) is 0 Å². The van der Waals surface area contributed by atoms with Gasteiger partial charge in [-0.2, -0.15) is 0 Å². The minimum absolute atomic E-state index is 0.109. The predicted octanol–water partition coefficient (Wildman–Crippen LogP) is 2.97. The van der Waals surface area contributed by atoms with Gasteiger partial charge in [0.15, 0.2) is 0 Å². The zero-order chi connectivity index (χ0) is 13.7. The van der Waals surface area contributed by atoms with E-state index in [0.717, 1.165) is 22.9 Å². The lowest BCUT2D eigenvalue weighted by atomic mass is 9.83. The molecule has 19 heavy (non-hydrogen) atoms. The van der Waals surface area contributed by atoms with Gasteiger partial charge in [-0.25, -0.2) is 0 Å². The van der Waals surface area contributed by atoms with Crippen molar-refractivity contribution in [1.29, 1.82) is 0 Å². The summed E-state index contributed by atoms with van der Waals surface area (Å²) in [5.74, 6) is 0.464. The van der Waals surface area contributed by atoms with Gasteiger partial charge in [-0.15, -0.1) is 0 Å². The van der Waals surface area contributed by atoms with E-state index in [2.05, 4.69) is 21.2 Å². The highest BCUT2D eigenvalue weighted by Gasteiger charge is 2.23. The molecule has 2 rings (SSSR count). The lowest BCUT2D eigenvalue weighted by Gasteiger charge is -2.27. The van der Waals surface area contributed by atoms with Crippen LogP contribution in [0.4, 0.5) is 0 Å². The molecule has 1 aromatic rings. The van der Waals surface area contributed by atoms with E-state index >= 15 is 0 Å². The van der Waals surface area contributed by atoms with Gasteiger partial charge in [0.1, 0.15) is 0 Å². The number of halogens is 1. The molecule has 0 aromatic heterocycles. The van der Waals surface area contributed by atoms with E-state index in [1.807, 2.05) is 24.3 Å². The van der Waals surface area contributed by atoms with Gasteiger partial charge < -0.3 is 11.1 Å². The maximum absolute atomic E-state index is 12.0. The van der Waals surface area contributed by atoms with Crippen LogP contribution in [-0.2, 0) is 11.3 Å². The summed E-state index contributed by atoms with van der Waals surface area (Å²) in [6.07, 6.45) is 5.11. The van der Waals surface area contributed by atoms with Gasteiger partial charge >= 0.3 is 0 Å². The van der Waals surface area contributed by atoms with Crippen LogP contribution >= 0.6 is 15.9 Å². The Hall–Kier alpha value is -0.870. The van der Waals surface area contributed by atoms with E-state index < -0.39 is 0 Å². The third kappa shape index (κ3) is 4.32. The minimum atomic E-state index is 0.109. The molecule has 0 radical (unpaired) electrons. The molecule has 1 amide bonds. The summed E-state index contributed by atoms with van der Waals surface area (Å²) in [6, 6.07) is 8.14. The van der Waals surface area contributed by atoms with Gasteiger partial charge in [0.05, 0.1) is 0 Å². The van der Waals surface area contributed by atoms with E-state index in [1.54, 1.807) is 0 Å². The Morgan fingerprint density at radius 3 is 2.79 bits per heavy atom. The molecule has 2 atom stereocenters. The first-order chi connectivity index (χ1) is 9.16. The number of nitrogens with two attached hydrogens (primary N) is 1. The molecule has 1 saturated carbocycles. The Bertz CT molecular complexity index is 436. The zero-order valence-corrected chi connectivity index (χ0v) is 12.7. The minimum Gasteiger partial charge on any atom is -0.352 e. The first-order valence-electron chi connectivity index (χ1n) is 6.92. The SMILES string of the molecule is NC1CCCCC1CC(=O)NCc1ccccc1Br. The number of carbonyl (C=O) groups is 1. The number of amides is 1. The van der Waals surface area contributed by atoms with E-state index in [0.29, 0.717) is 18.9 Å². The van der Waals surface area contributed by atoms with Crippen molar-refractivity contribution in [2.45, 2.75) is 44.7 Å². The van der Waals surface area contributed by atoms with Crippen molar-refractivity contribution in [3.63, 3.8) is 0 Å². The molecule has 4 heteroatoms. The molecule has 1 aromatic carbocycles. The van der Waals surface area contributed by atoms with Crippen molar-refractivity contribution in [2.24, 2.45) is 11.7 Å². The molecule has 0 bridgehead atoms. The molecule has 0 aliphatic heterocycles. The molecule has 3 nitrogen and oxygen atoms in total. The number of hydrogen-bond donors (Lipinski definition) is 2.